The first-order valence-corrected chi connectivity index (χ1v) is 7.22. The summed E-state index contributed by atoms with van der Waals surface area (Å²) < 4.78 is 0. The molecule has 0 aromatic heterocycles. The molecule has 0 heterocycles. The van der Waals surface area contributed by atoms with E-state index in [0.717, 1.165) is 31.2 Å². The van der Waals surface area contributed by atoms with Gasteiger partial charge in [-0.15, -0.1) is 11.6 Å². The van der Waals surface area contributed by atoms with Crippen molar-refractivity contribution in [3.05, 3.63) is 29.3 Å². The van der Waals surface area contributed by atoms with Gasteiger partial charge in [0.05, 0.1) is 5.56 Å². The number of nitrogens with one attached hydrogen (secondary N) is 1. The lowest BCUT2D eigenvalue weighted by Crippen LogP contribution is -2.31. The van der Waals surface area contributed by atoms with Gasteiger partial charge in [0.2, 0.25) is 0 Å². The third-order valence-corrected chi connectivity index (χ3v) is 4.16. The number of rotatable bonds is 3. The van der Waals surface area contributed by atoms with Gasteiger partial charge in [0, 0.05) is 11.9 Å². The van der Waals surface area contributed by atoms with Gasteiger partial charge in [0.15, 0.2) is 0 Å². The lowest BCUT2D eigenvalue weighted by molar-refractivity contribution is 0.0941. The largest absolute Gasteiger partial charge is 0.507 e. The molecular weight excluding hydrogens is 262 g/mol. The van der Waals surface area contributed by atoms with Crippen LogP contribution >= 0.6 is 11.6 Å². The number of halogens is 1. The summed E-state index contributed by atoms with van der Waals surface area (Å²) in [4.78, 5) is 12.0. The van der Waals surface area contributed by atoms with E-state index < -0.39 is 0 Å². The molecule has 19 heavy (non-hydrogen) atoms. The molecule has 0 bridgehead atoms. The average Bonchev–Trinajstić information content (AvgIpc) is 2.37. The fourth-order valence-corrected chi connectivity index (χ4v) is 2.74. The van der Waals surface area contributed by atoms with Crippen molar-refractivity contribution in [2.24, 2.45) is 5.92 Å². The number of carbonyl (C=O) groups is 1. The Morgan fingerprint density at radius 2 is 2.05 bits per heavy atom. The van der Waals surface area contributed by atoms with Gasteiger partial charge in [0.25, 0.3) is 5.91 Å². The second kappa shape index (κ2) is 6.29. The number of phenolic OH excluding ortho intramolecular Hbond substituents is 1. The monoisotopic (exact) mass is 281 g/mol. The molecule has 1 aromatic rings. The fourth-order valence-electron chi connectivity index (χ4n) is 2.49. The molecule has 1 saturated carbocycles. The Hall–Kier alpha value is -1.22. The van der Waals surface area contributed by atoms with E-state index in [1.807, 2.05) is 13.0 Å². The van der Waals surface area contributed by atoms with E-state index in [-0.39, 0.29) is 11.7 Å². The Balaban J connectivity index is 1.87. The van der Waals surface area contributed by atoms with Crippen molar-refractivity contribution < 1.29 is 9.90 Å². The Bertz CT molecular complexity index is 453. The van der Waals surface area contributed by atoms with Crippen LogP contribution < -0.4 is 5.32 Å². The summed E-state index contributed by atoms with van der Waals surface area (Å²) in [7, 11) is 0. The third kappa shape index (κ3) is 3.87. The molecule has 1 amide bonds. The molecular formula is C15H20ClNO2. The van der Waals surface area contributed by atoms with Crippen molar-refractivity contribution in [2.75, 3.05) is 6.54 Å². The van der Waals surface area contributed by atoms with E-state index >= 15 is 0 Å². The summed E-state index contributed by atoms with van der Waals surface area (Å²) in [5.41, 5.74) is 1.28. The molecule has 104 valence electrons. The van der Waals surface area contributed by atoms with Crippen molar-refractivity contribution in [3.63, 3.8) is 0 Å². The normalized spacial score (nSPS) is 23.1. The average molecular weight is 282 g/mol. The standard InChI is InChI=1S/C15H20ClNO2/c1-10-2-7-13(14(18)8-10)15(19)17-9-11-3-5-12(16)6-4-11/h2,7-8,11-12,18H,3-6,9H2,1H3,(H,17,19). The van der Waals surface area contributed by atoms with Crippen LogP contribution in [0.2, 0.25) is 0 Å². The molecule has 0 radical (unpaired) electrons. The van der Waals surface area contributed by atoms with Crippen LogP contribution in [0.15, 0.2) is 18.2 Å². The summed E-state index contributed by atoms with van der Waals surface area (Å²) in [6, 6.07) is 5.09. The summed E-state index contributed by atoms with van der Waals surface area (Å²) in [5.74, 6) is 0.346. The third-order valence-electron chi connectivity index (χ3n) is 3.73. The molecule has 1 fully saturated rings. The Kier molecular flexibility index (Phi) is 4.70. The molecule has 0 atom stereocenters. The highest BCUT2D eigenvalue weighted by molar-refractivity contribution is 6.20. The van der Waals surface area contributed by atoms with Gasteiger partial charge in [-0.2, -0.15) is 0 Å². The lowest BCUT2D eigenvalue weighted by atomic mass is 9.89. The summed E-state index contributed by atoms with van der Waals surface area (Å²) >= 11 is 6.06. The Labute approximate surface area is 119 Å². The van der Waals surface area contributed by atoms with Crippen LogP contribution in [-0.4, -0.2) is 22.9 Å². The van der Waals surface area contributed by atoms with Crippen molar-refractivity contribution in [3.8, 4) is 5.75 Å². The second-order valence-corrected chi connectivity index (χ2v) is 5.97. The minimum absolute atomic E-state index is 0.0435. The summed E-state index contributed by atoms with van der Waals surface area (Å²) in [6.45, 7) is 2.54. The number of benzene rings is 1. The van der Waals surface area contributed by atoms with Crippen LogP contribution in [0.4, 0.5) is 0 Å². The van der Waals surface area contributed by atoms with Crippen LogP contribution in [0.25, 0.3) is 0 Å². The minimum Gasteiger partial charge on any atom is -0.507 e. The number of carbonyl (C=O) groups excluding carboxylic acids is 1. The maximum absolute atomic E-state index is 12.0. The van der Waals surface area contributed by atoms with Gasteiger partial charge in [-0.25, -0.2) is 0 Å². The number of aryl methyl sites for hydroxylation is 1. The van der Waals surface area contributed by atoms with Gasteiger partial charge in [-0.3, -0.25) is 4.79 Å². The highest BCUT2D eigenvalue weighted by atomic mass is 35.5. The van der Waals surface area contributed by atoms with Gasteiger partial charge >= 0.3 is 0 Å². The van der Waals surface area contributed by atoms with Crippen LogP contribution in [0.1, 0.15) is 41.6 Å². The molecule has 0 spiro atoms. The van der Waals surface area contributed by atoms with Crippen LogP contribution in [0.3, 0.4) is 0 Å². The maximum atomic E-state index is 12.0. The number of amides is 1. The highest BCUT2D eigenvalue weighted by Gasteiger charge is 2.20. The predicted octanol–water partition coefficient (Wildman–Crippen LogP) is 3.23. The minimum atomic E-state index is -0.203. The van der Waals surface area contributed by atoms with E-state index in [4.69, 9.17) is 11.6 Å². The van der Waals surface area contributed by atoms with E-state index in [2.05, 4.69) is 5.32 Å². The highest BCUT2D eigenvalue weighted by Crippen LogP contribution is 2.27. The molecule has 3 nitrogen and oxygen atoms in total. The zero-order valence-corrected chi connectivity index (χ0v) is 11.9. The molecule has 4 heteroatoms. The molecule has 1 aliphatic carbocycles. The Morgan fingerprint density at radius 3 is 2.68 bits per heavy atom. The second-order valence-electron chi connectivity index (χ2n) is 5.35. The van der Waals surface area contributed by atoms with Crippen LogP contribution in [0, 0.1) is 12.8 Å². The SMILES string of the molecule is Cc1ccc(C(=O)NCC2CCC(Cl)CC2)c(O)c1. The molecule has 0 saturated heterocycles. The van der Waals surface area contributed by atoms with Gasteiger partial charge < -0.3 is 10.4 Å². The first kappa shape index (κ1) is 14.2. The lowest BCUT2D eigenvalue weighted by Gasteiger charge is -2.25. The predicted molar refractivity (Wildman–Crippen MR) is 76.8 cm³/mol. The van der Waals surface area contributed by atoms with Gasteiger partial charge in [-0.1, -0.05) is 6.07 Å². The number of alkyl halides is 1. The van der Waals surface area contributed by atoms with Gasteiger partial charge in [0.1, 0.15) is 5.75 Å². The van der Waals surface area contributed by atoms with E-state index in [0.29, 0.717) is 23.4 Å². The molecule has 0 unspecified atom stereocenters. The summed E-state index contributed by atoms with van der Waals surface area (Å²) in [5, 5.41) is 13.0. The first-order chi connectivity index (χ1) is 9.06. The topological polar surface area (TPSA) is 49.3 Å². The summed E-state index contributed by atoms with van der Waals surface area (Å²) in [6.07, 6.45) is 4.18. The van der Waals surface area contributed by atoms with Crippen LogP contribution in [-0.2, 0) is 0 Å². The molecule has 0 aliphatic heterocycles. The molecule has 2 rings (SSSR count). The first-order valence-electron chi connectivity index (χ1n) is 6.78. The maximum Gasteiger partial charge on any atom is 0.255 e. The molecule has 1 aromatic carbocycles. The Morgan fingerprint density at radius 1 is 1.37 bits per heavy atom. The number of phenols is 1. The van der Waals surface area contributed by atoms with E-state index in [9.17, 15) is 9.90 Å². The van der Waals surface area contributed by atoms with Crippen molar-refractivity contribution in [2.45, 2.75) is 38.0 Å². The molecule has 1 aliphatic rings. The zero-order valence-electron chi connectivity index (χ0n) is 11.2. The quantitative estimate of drug-likeness (QED) is 0.836. The van der Waals surface area contributed by atoms with E-state index in [1.165, 1.54) is 0 Å². The van der Waals surface area contributed by atoms with Crippen LogP contribution in [0.5, 0.6) is 5.75 Å². The number of aromatic hydroxyl groups is 1. The van der Waals surface area contributed by atoms with E-state index in [1.54, 1.807) is 12.1 Å². The van der Waals surface area contributed by atoms with Gasteiger partial charge in [-0.05, 0) is 56.2 Å². The number of hydrogen-bond donors (Lipinski definition) is 2. The molecule has 2 N–H and O–H groups in total. The van der Waals surface area contributed by atoms with Crippen molar-refractivity contribution >= 4 is 17.5 Å². The van der Waals surface area contributed by atoms with Crippen molar-refractivity contribution in [1.82, 2.24) is 5.32 Å². The number of hydrogen-bond acceptors (Lipinski definition) is 2. The zero-order chi connectivity index (χ0) is 13.8. The van der Waals surface area contributed by atoms with Crippen molar-refractivity contribution in [1.29, 1.82) is 0 Å². The fraction of sp³-hybridized carbons (Fsp3) is 0.533. The smallest absolute Gasteiger partial charge is 0.255 e.